The first-order chi connectivity index (χ1) is 8.79. The van der Waals surface area contributed by atoms with Gasteiger partial charge in [-0.1, -0.05) is 6.07 Å². The summed E-state index contributed by atoms with van der Waals surface area (Å²) >= 11 is 0. The van der Waals surface area contributed by atoms with Gasteiger partial charge in [0, 0.05) is 30.8 Å². The summed E-state index contributed by atoms with van der Waals surface area (Å²) < 4.78 is 10.2. The minimum Gasteiger partial charge on any atom is -0.461 e. The lowest BCUT2D eigenvalue weighted by Crippen LogP contribution is -2.06. The molecule has 5 nitrogen and oxygen atoms in total. The van der Waals surface area contributed by atoms with Crippen LogP contribution in [0.3, 0.4) is 0 Å². The average Bonchev–Trinajstić information content (AvgIpc) is 2.40. The van der Waals surface area contributed by atoms with Gasteiger partial charge < -0.3 is 9.47 Å². The molecule has 0 N–H and O–H groups in total. The van der Waals surface area contributed by atoms with E-state index in [0.29, 0.717) is 19.2 Å². The Kier molecular flexibility index (Phi) is 4.20. The highest BCUT2D eigenvalue weighted by Gasteiger charge is 2.02. The van der Waals surface area contributed by atoms with E-state index in [2.05, 4.69) is 15.0 Å². The van der Waals surface area contributed by atoms with Crippen LogP contribution in [0.4, 0.5) is 0 Å². The molecule has 0 unspecified atom stereocenters. The highest BCUT2D eigenvalue weighted by molar-refractivity contribution is 5.56. The maximum Gasteiger partial charge on any atom is 0.316 e. The topological polar surface area (TPSA) is 57.1 Å². The zero-order valence-corrected chi connectivity index (χ0v) is 10.5. The fourth-order valence-electron chi connectivity index (χ4n) is 1.44. The molecule has 94 valence electrons. The number of rotatable bonds is 5. The molecule has 0 radical (unpaired) electrons. The van der Waals surface area contributed by atoms with Crippen LogP contribution >= 0.6 is 0 Å². The van der Waals surface area contributed by atoms with Crippen LogP contribution in [-0.4, -0.2) is 35.3 Å². The molecule has 2 rings (SSSR count). The van der Waals surface area contributed by atoms with Gasteiger partial charge in [-0.15, -0.1) is 0 Å². The van der Waals surface area contributed by atoms with Crippen LogP contribution in [0.2, 0.25) is 0 Å². The maximum atomic E-state index is 5.29. The largest absolute Gasteiger partial charge is 0.461 e. The summed E-state index contributed by atoms with van der Waals surface area (Å²) in [6.07, 6.45) is 3.41. The number of aryl methyl sites for hydroxylation is 1. The molecule has 0 fully saturated rings. The third kappa shape index (κ3) is 3.24. The van der Waals surface area contributed by atoms with Crippen molar-refractivity contribution in [1.29, 1.82) is 0 Å². The molecular formula is C13H15N3O2. The Morgan fingerprint density at radius 2 is 1.89 bits per heavy atom. The van der Waals surface area contributed by atoms with E-state index in [9.17, 15) is 0 Å². The van der Waals surface area contributed by atoms with Crippen molar-refractivity contribution < 1.29 is 9.47 Å². The molecule has 0 saturated carbocycles. The van der Waals surface area contributed by atoms with Crippen LogP contribution in [0, 0.1) is 6.92 Å². The molecule has 0 amide bonds. The molecular weight excluding hydrogens is 230 g/mol. The Bertz CT molecular complexity index is 500. The smallest absolute Gasteiger partial charge is 0.316 e. The van der Waals surface area contributed by atoms with Gasteiger partial charge in [-0.3, -0.25) is 4.98 Å². The van der Waals surface area contributed by atoms with Gasteiger partial charge in [0.1, 0.15) is 6.61 Å². The molecule has 0 atom stereocenters. The predicted molar refractivity (Wildman–Crippen MR) is 67.4 cm³/mol. The van der Waals surface area contributed by atoms with Crippen molar-refractivity contribution in [2.45, 2.75) is 6.92 Å². The number of methoxy groups -OCH3 is 1. The van der Waals surface area contributed by atoms with Gasteiger partial charge in [-0.05, 0) is 19.1 Å². The van der Waals surface area contributed by atoms with Crippen LogP contribution in [0.15, 0.2) is 30.6 Å². The number of nitrogens with zero attached hydrogens (tertiary/aromatic N) is 3. The highest BCUT2D eigenvalue weighted by Crippen LogP contribution is 2.16. The fourth-order valence-corrected chi connectivity index (χ4v) is 1.44. The Morgan fingerprint density at radius 3 is 2.56 bits per heavy atom. The zero-order valence-electron chi connectivity index (χ0n) is 10.5. The van der Waals surface area contributed by atoms with E-state index in [0.717, 1.165) is 17.0 Å². The minimum atomic E-state index is 0.350. The molecule has 18 heavy (non-hydrogen) atoms. The second-order valence-corrected chi connectivity index (χ2v) is 3.76. The molecule has 0 saturated heterocycles. The van der Waals surface area contributed by atoms with E-state index in [1.165, 1.54) is 0 Å². The summed E-state index contributed by atoms with van der Waals surface area (Å²) in [6, 6.07) is 6.19. The van der Waals surface area contributed by atoms with Gasteiger partial charge in [0.05, 0.1) is 12.3 Å². The standard InChI is InChI=1S/C13H15N3O2/c1-10-4-3-5-12(16-10)11-8-14-13(15-9-11)18-7-6-17-2/h3-5,8-9H,6-7H2,1-2H3. The molecule has 0 aliphatic carbocycles. The second kappa shape index (κ2) is 6.07. The van der Waals surface area contributed by atoms with Crippen LogP contribution in [0.5, 0.6) is 6.01 Å². The normalized spacial score (nSPS) is 10.3. The van der Waals surface area contributed by atoms with E-state index in [1.807, 2.05) is 25.1 Å². The van der Waals surface area contributed by atoms with E-state index in [1.54, 1.807) is 19.5 Å². The Labute approximate surface area is 106 Å². The number of ether oxygens (including phenoxy) is 2. The van der Waals surface area contributed by atoms with Gasteiger partial charge >= 0.3 is 6.01 Å². The maximum absolute atomic E-state index is 5.29. The minimum absolute atomic E-state index is 0.350. The fraction of sp³-hybridized carbons (Fsp3) is 0.308. The van der Waals surface area contributed by atoms with Gasteiger partial charge in [0.25, 0.3) is 0 Å². The summed E-state index contributed by atoms with van der Waals surface area (Å²) in [4.78, 5) is 12.7. The van der Waals surface area contributed by atoms with Gasteiger partial charge in [0.15, 0.2) is 0 Å². The third-order valence-electron chi connectivity index (χ3n) is 2.33. The summed E-state index contributed by atoms with van der Waals surface area (Å²) in [6.45, 7) is 2.91. The Balaban J connectivity index is 2.07. The van der Waals surface area contributed by atoms with E-state index < -0.39 is 0 Å². The third-order valence-corrected chi connectivity index (χ3v) is 2.33. The van der Waals surface area contributed by atoms with Crippen molar-refractivity contribution in [3.63, 3.8) is 0 Å². The monoisotopic (exact) mass is 245 g/mol. The molecule has 0 spiro atoms. The van der Waals surface area contributed by atoms with Crippen LogP contribution in [-0.2, 0) is 4.74 Å². The molecule has 0 aliphatic rings. The van der Waals surface area contributed by atoms with E-state index in [-0.39, 0.29) is 0 Å². The first kappa shape index (κ1) is 12.4. The molecule has 0 aliphatic heterocycles. The number of pyridine rings is 1. The summed E-state index contributed by atoms with van der Waals surface area (Å²) in [5, 5.41) is 0. The lowest BCUT2D eigenvalue weighted by atomic mass is 10.2. The molecule has 2 aromatic heterocycles. The van der Waals surface area contributed by atoms with E-state index in [4.69, 9.17) is 9.47 Å². The molecule has 0 aromatic carbocycles. The number of hydrogen-bond acceptors (Lipinski definition) is 5. The van der Waals surface area contributed by atoms with Crippen LogP contribution < -0.4 is 4.74 Å². The lowest BCUT2D eigenvalue weighted by molar-refractivity contribution is 0.141. The first-order valence-electron chi connectivity index (χ1n) is 5.67. The summed E-state index contributed by atoms with van der Waals surface area (Å²) in [5.41, 5.74) is 2.70. The van der Waals surface area contributed by atoms with Crippen LogP contribution in [0.25, 0.3) is 11.3 Å². The van der Waals surface area contributed by atoms with Crippen molar-refractivity contribution in [2.75, 3.05) is 20.3 Å². The van der Waals surface area contributed by atoms with E-state index >= 15 is 0 Å². The molecule has 2 aromatic rings. The van der Waals surface area contributed by atoms with Crippen molar-refractivity contribution in [2.24, 2.45) is 0 Å². The van der Waals surface area contributed by atoms with Gasteiger partial charge in [-0.2, -0.15) is 0 Å². The summed E-state index contributed by atoms with van der Waals surface area (Å²) in [5.74, 6) is 0. The number of aromatic nitrogens is 3. The molecule has 5 heteroatoms. The van der Waals surface area contributed by atoms with Crippen LogP contribution in [0.1, 0.15) is 5.69 Å². The van der Waals surface area contributed by atoms with Crippen molar-refractivity contribution in [3.8, 4) is 17.3 Å². The second-order valence-electron chi connectivity index (χ2n) is 3.76. The van der Waals surface area contributed by atoms with Crippen molar-refractivity contribution in [1.82, 2.24) is 15.0 Å². The SMILES string of the molecule is COCCOc1ncc(-c2cccc(C)n2)cn1. The first-order valence-corrected chi connectivity index (χ1v) is 5.67. The molecule has 0 bridgehead atoms. The van der Waals surface area contributed by atoms with Gasteiger partial charge in [-0.25, -0.2) is 9.97 Å². The molecule has 2 heterocycles. The predicted octanol–water partition coefficient (Wildman–Crippen LogP) is 1.87. The summed E-state index contributed by atoms with van der Waals surface area (Å²) in [7, 11) is 1.62. The Hall–Kier alpha value is -2.01. The highest BCUT2D eigenvalue weighted by atomic mass is 16.5. The van der Waals surface area contributed by atoms with Crippen molar-refractivity contribution in [3.05, 3.63) is 36.3 Å². The zero-order chi connectivity index (χ0) is 12.8. The quantitative estimate of drug-likeness (QED) is 0.753. The number of hydrogen-bond donors (Lipinski definition) is 0. The average molecular weight is 245 g/mol. The van der Waals surface area contributed by atoms with Crippen molar-refractivity contribution >= 4 is 0 Å². The Morgan fingerprint density at radius 1 is 1.11 bits per heavy atom. The lowest BCUT2D eigenvalue weighted by Gasteiger charge is -2.04. The van der Waals surface area contributed by atoms with Gasteiger partial charge in [0.2, 0.25) is 0 Å².